The number of hydrogen-bond donors (Lipinski definition) is 1. The Morgan fingerprint density at radius 1 is 1.24 bits per heavy atom. The highest BCUT2D eigenvalue weighted by Crippen LogP contribution is 2.28. The van der Waals surface area contributed by atoms with Gasteiger partial charge in [-0.2, -0.15) is 0 Å². The number of guanidine groups is 1. The zero-order valence-electron chi connectivity index (χ0n) is 15.1. The van der Waals surface area contributed by atoms with Crippen LogP contribution in [-0.2, 0) is 21.1 Å². The van der Waals surface area contributed by atoms with Gasteiger partial charge in [0.05, 0.1) is 11.3 Å². The number of ether oxygens (including phenoxy) is 1. The SMILES string of the molecule is CN(C)C(=NCc1ccccc1)NCC1(S(C)(=O)=O)CCOCC1.I. The Balaban J connectivity index is 0.00000312. The number of aliphatic imine (C=N–C) groups is 1. The van der Waals surface area contributed by atoms with Crippen LogP contribution >= 0.6 is 24.0 Å². The smallest absolute Gasteiger partial charge is 0.193 e. The van der Waals surface area contributed by atoms with Crippen molar-refractivity contribution in [3.05, 3.63) is 35.9 Å². The number of nitrogens with one attached hydrogen (secondary N) is 1. The molecule has 8 heteroatoms. The molecule has 25 heavy (non-hydrogen) atoms. The molecule has 1 fully saturated rings. The monoisotopic (exact) mass is 481 g/mol. The molecule has 142 valence electrons. The molecule has 1 aliphatic heterocycles. The Labute approximate surface area is 168 Å². The van der Waals surface area contributed by atoms with Crippen LogP contribution in [0.25, 0.3) is 0 Å². The number of rotatable bonds is 5. The first-order valence-corrected chi connectivity index (χ1v) is 10.0. The summed E-state index contributed by atoms with van der Waals surface area (Å²) in [5.41, 5.74) is 1.11. The summed E-state index contributed by atoms with van der Waals surface area (Å²) < 4.78 is 29.2. The van der Waals surface area contributed by atoms with E-state index in [0.29, 0.717) is 45.1 Å². The van der Waals surface area contributed by atoms with Crippen molar-refractivity contribution in [3.8, 4) is 0 Å². The van der Waals surface area contributed by atoms with E-state index in [1.54, 1.807) is 0 Å². The van der Waals surface area contributed by atoms with Gasteiger partial charge in [0, 0.05) is 40.1 Å². The van der Waals surface area contributed by atoms with Crippen molar-refractivity contribution in [2.24, 2.45) is 4.99 Å². The maximum absolute atomic E-state index is 12.3. The molecule has 0 aromatic heterocycles. The summed E-state index contributed by atoms with van der Waals surface area (Å²) in [4.78, 5) is 6.47. The first kappa shape index (κ1) is 22.2. The average Bonchev–Trinajstić information content (AvgIpc) is 2.55. The highest BCUT2D eigenvalue weighted by Gasteiger charge is 2.42. The summed E-state index contributed by atoms with van der Waals surface area (Å²) in [7, 11) is 0.602. The fourth-order valence-corrected chi connectivity index (χ4v) is 4.01. The van der Waals surface area contributed by atoms with Crippen molar-refractivity contribution in [2.45, 2.75) is 24.1 Å². The lowest BCUT2D eigenvalue weighted by Gasteiger charge is -2.36. The summed E-state index contributed by atoms with van der Waals surface area (Å²) in [5.74, 6) is 0.688. The molecule has 0 bridgehead atoms. The Bertz CT molecular complexity index is 657. The molecule has 1 heterocycles. The highest BCUT2D eigenvalue weighted by molar-refractivity contribution is 14.0. The van der Waals surface area contributed by atoms with Crippen LogP contribution in [-0.4, -0.2) is 64.1 Å². The summed E-state index contributed by atoms with van der Waals surface area (Å²) >= 11 is 0. The van der Waals surface area contributed by atoms with E-state index in [1.165, 1.54) is 6.26 Å². The molecular formula is C17H28IN3O3S. The molecule has 0 atom stereocenters. The van der Waals surface area contributed by atoms with E-state index in [1.807, 2.05) is 49.3 Å². The predicted octanol–water partition coefficient (Wildman–Crippen LogP) is 1.91. The molecule has 1 aromatic rings. The predicted molar refractivity (Wildman–Crippen MR) is 112 cm³/mol. The van der Waals surface area contributed by atoms with Crippen LogP contribution in [0.1, 0.15) is 18.4 Å². The van der Waals surface area contributed by atoms with E-state index in [4.69, 9.17) is 4.74 Å². The van der Waals surface area contributed by atoms with Crippen LogP contribution in [0.15, 0.2) is 35.3 Å². The van der Waals surface area contributed by atoms with Gasteiger partial charge in [-0.3, -0.25) is 0 Å². The minimum absolute atomic E-state index is 0. The maximum atomic E-state index is 12.3. The Kier molecular flexibility index (Phi) is 8.62. The van der Waals surface area contributed by atoms with Crippen LogP contribution in [0.4, 0.5) is 0 Å². The second-order valence-electron chi connectivity index (χ2n) is 6.44. The minimum Gasteiger partial charge on any atom is -0.381 e. The van der Waals surface area contributed by atoms with Gasteiger partial charge in [0.15, 0.2) is 15.8 Å². The first-order valence-electron chi connectivity index (χ1n) is 8.11. The fourth-order valence-electron chi connectivity index (χ4n) is 2.77. The molecule has 0 amide bonds. The molecule has 1 saturated heterocycles. The van der Waals surface area contributed by atoms with Crippen molar-refractivity contribution in [1.29, 1.82) is 0 Å². The van der Waals surface area contributed by atoms with Crippen molar-refractivity contribution in [3.63, 3.8) is 0 Å². The lowest BCUT2D eigenvalue weighted by atomic mass is 9.99. The largest absolute Gasteiger partial charge is 0.381 e. The third-order valence-electron chi connectivity index (χ3n) is 4.44. The van der Waals surface area contributed by atoms with Gasteiger partial charge in [-0.1, -0.05) is 30.3 Å². The van der Waals surface area contributed by atoms with Crippen LogP contribution in [0.5, 0.6) is 0 Å². The van der Waals surface area contributed by atoms with E-state index in [0.717, 1.165) is 5.56 Å². The molecule has 0 aliphatic carbocycles. The van der Waals surface area contributed by atoms with Gasteiger partial charge in [0.1, 0.15) is 0 Å². The van der Waals surface area contributed by atoms with E-state index < -0.39 is 14.6 Å². The van der Waals surface area contributed by atoms with Crippen LogP contribution in [0.3, 0.4) is 0 Å². The summed E-state index contributed by atoms with van der Waals surface area (Å²) in [6.07, 6.45) is 2.34. The fraction of sp³-hybridized carbons (Fsp3) is 0.588. The Hall–Kier alpha value is -0.870. The number of halogens is 1. The molecule has 2 rings (SSSR count). The minimum atomic E-state index is -3.19. The standard InChI is InChI=1S/C17H27N3O3S.HI/c1-20(2)16(18-13-15-7-5-4-6-8-15)19-14-17(24(3,21)22)9-11-23-12-10-17;/h4-8H,9-14H2,1-3H3,(H,18,19);1H. The summed E-state index contributed by atoms with van der Waals surface area (Å²) in [5, 5.41) is 3.25. The number of hydrogen-bond acceptors (Lipinski definition) is 4. The number of benzene rings is 1. The van der Waals surface area contributed by atoms with Crippen LogP contribution in [0, 0.1) is 0 Å². The van der Waals surface area contributed by atoms with Gasteiger partial charge in [-0.15, -0.1) is 24.0 Å². The van der Waals surface area contributed by atoms with Gasteiger partial charge in [0.2, 0.25) is 0 Å². The van der Waals surface area contributed by atoms with Crippen LogP contribution in [0.2, 0.25) is 0 Å². The van der Waals surface area contributed by atoms with Gasteiger partial charge in [0.25, 0.3) is 0 Å². The molecule has 0 spiro atoms. The third kappa shape index (κ3) is 6.10. The van der Waals surface area contributed by atoms with E-state index in [2.05, 4.69) is 10.3 Å². The molecule has 0 radical (unpaired) electrons. The summed E-state index contributed by atoms with van der Waals surface area (Å²) in [6.45, 7) is 1.86. The summed E-state index contributed by atoms with van der Waals surface area (Å²) in [6, 6.07) is 9.97. The molecule has 1 aliphatic rings. The molecular weight excluding hydrogens is 453 g/mol. The van der Waals surface area contributed by atoms with Gasteiger partial charge in [-0.25, -0.2) is 13.4 Å². The lowest BCUT2D eigenvalue weighted by Crippen LogP contribution is -2.53. The number of sulfone groups is 1. The van der Waals surface area contributed by atoms with Crippen molar-refractivity contribution >= 4 is 39.8 Å². The average molecular weight is 481 g/mol. The van der Waals surface area contributed by atoms with Crippen molar-refractivity contribution < 1.29 is 13.2 Å². The zero-order chi connectivity index (χ0) is 17.6. The Morgan fingerprint density at radius 2 is 1.84 bits per heavy atom. The Morgan fingerprint density at radius 3 is 2.36 bits per heavy atom. The van der Waals surface area contributed by atoms with Gasteiger partial charge >= 0.3 is 0 Å². The van der Waals surface area contributed by atoms with Crippen molar-refractivity contribution in [1.82, 2.24) is 10.2 Å². The van der Waals surface area contributed by atoms with Crippen LogP contribution < -0.4 is 5.32 Å². The van der Waals surface area contributed by atoms with E-state index >= 15 is 0 Å². The first-order chi connectivity index (χ1) is 11.3. The van der Waals surface area contributed by atoms with E-state index in [9.17, 15) is 8.42 Å². The third-order valence-corrected chi connectivity index (χ3v) is 6.56. The normalized spacial score (nSPS) is 17.5. The van der Waals surface area contributed by atoms with Gasteiger partial charge < -0.3 is 15.0 Å². The quantitative estimate of drug-likeness (QED) is 0.395. The van der Waals surface area contributed by atoms with Gasteiger partial charge in [-0.05, 0) is 18.4 Å². The second kappa shape index (κ2) is 9.72. The molecule has 1 aromatic carbocycles. The molecule has 0 unspecified atom stereocenters. The second-order valence-corrected chi connectivity index (χ2v) is 8.85. The molecule has 1 N–H and O–H groups in total. The topological polar surface area (TPSA) is 71.0 Å². The highest BCUT2D eigenvalue weighted by atomic mass is 127. The number of nitrogens with zero attached hydrogens (tertiary/aromatic N) is 2. The van der Waals surface area contributed by atoms with E-state index in [-0.39, 0.29) is 24.0 Å². The lowest BCUT2D eigenvalue weighted by molar-refractivity contribution is 0.0755. The molecule has 6 nitrogen and oxygen atoms in total. The molecule has 0 saturated carbocycles. The maximum Gasteiger partial charge on any atom is 0.193 e. The van der Waals surface area contributed by atoms with Crippen molar-refractivity contribution in [2.75, 3.05) is 40.1 Å². The zero-order valence-corrected chi connectivity index (χ0v) is 18.2.